The molecule has 0 amide bonds. The molecule has 0 radical (unpaired) electrons. The Morgan fingerprint density at radius 1 is 1.38 bits per heavy atom. The van der Waals surface area contributed by atoms with E-state index in [1.807, 2.05) is 13.8 Å². The van der Waals surface area contributed by atoms with Crippen LogP contribution in [0.3, 0.4) is 0 Å². The maximum absolute atomic E-state index is 11.4. The second kappa shape index (κ2) is 4.14. The highest BCUT2D eigenvalue weighted by Gasteiger charge is 2.06. The van der Waals surface area contributed by atoms with Crippen molar-refractivity contribution in [3.63, 3.8) is 0 Å². The summed E-state index contributed by atoms with van der Waals surface area (Å²) in [6, 6.07) is 3.54. The van der Waals surface area contributed by atoms with Crippen LogP contribution in [0.15, 0.2) is 12.1 Å². The molecule has 1 aromatic heterocycles. The first-order valence-electron chi connectivity index (χ1n) is 4.11. The molecule has 3 nitrogen and oxygen atoms in total. The Hall–Kier alpha value is -1.22. The third kappa shape index (κ3) is 2.63. The van der Waals surface area contributed by atoms with E-state index in [0.29, 0.717) is 5.56 Å². The predicted molar refractivity (Wildman–Crippen MR) is 49.9 cm³/mol. The van der Waals surface area contributed by atoms with Crippen LogP contribution in [0.2, 0.25) is 0 Å². The lowest BCUT2D eigenvalue weighted by Crippen LogP contribution is -2.08. The highest BCUT2D eigenvalue weighted by atomic mass is 16.5. The van der Waals surface area contributed by atoms with E-state index >= 15 is 0 Å². The summed E-state index contributed by atoms with van der Waals surface area (Å²) in [7, 11) is 1.51. The molecule has 0 aliphatic carbocycles. The molecule has 0 atom stereocenters. The highest BCUT2D eigenvalue weighted by molar-refractivity contribution is 5.97. The van der Waals surface area contributed by atoms with E-state index in [9.17, 15) is 4.79 Å². The molecule has 0 N–H and O–H groups in total. The summed E-state index contributed by atoms with van der Waals surface area (Å²) in [4.78, 5) is 15.6. The average Bonchev–Trinajstić information content (AvgIpc) is 2.03. The van der Waals surface area contributed by atoms with Gasteiger partial charge in [0.1, 0.15) is 6.61 Å². The molecule has 0 unspecified atom stereocenters. The Morgan fingerprint density at radius 2 is 1.92 bits per heavy atom. The van der Waals surface area contributed by atoms with Gasteiger partial charge in [-0.1, -0.05) is 0 Å². The lowest BCUT2D eigenvalue weighted by molar-refractivity contribution is 0.0847. The number of aromatic nitrogens is 1. The van der Waals surface area contributed by atoms with Crippen LogP contribution in [0.5, 0.6) is 0 Å². The summed E-state index contributed by atoms with van der Waals surface area (Å²) in [5, 5.41) is 0. The quantitative estimate of drug-likeness (QED) is 0.660. The van der Waals surface area contributed by atoms with Crippen molar-refractivity contribution in [2.75, 3.05) is 13.7 Å². The third-order valence-electron chi connectivity index (χ3n) is 1.68. The number of rotatable bonds is 3. The minimum atomic E-state index is -0.00361. The number of ketones is 1. The van der Waals surface area contributed by atoms with Gasteiger partial charge in [-0.15, -0.1) is 0 Å². The molecule has 0 fully saturated rings. The van der Waals surface area contributed by atoms with Crippen molar-refractivity contribution in [1.29, 1.82) is 0 Å². The predicted octanol–water partition coefficient (Wildman–Crippen LogP) is 1.53. The smallest absolute Gasteiger partial charge is 0.188 e. The second-order valence-corrected chi connectivity index (χ2v) is 2.99. The van der Waals surface area contributed by atoms with Crippen molar-refractivity contribution in [1.82, 2.24) is 4.98 Å². The van der Waals surface area contributed by atoms with Gasteiger partial charge >= 0.3 is 0 Å². The average molecular weight is 179 g/mol. The van der Waals surface area contributed by atoms with E-state index in [4.69, 9.17) is 4.74 Å². The van der Waals surface area contributed by atoms with Crippen LogP contribution in [0.4, 0.5) is 0 Å². The van der Waals surface area contributed by atoms with Crippen LogP contribution in [-0.4, -0.2) is 24.5 Å². The zero-order chi connectivity index (χ0) is 9.84. The third-order valence-corrected chi connectivity index (χ3v) is 1.68. The van der Waals surface area contributed by atoms with Gasteiger partial charge in [0.05, 0.1) is 0 Å². The van der Waals surface area contributed by atoms with Crippen LogP contribution in [0, 0.1) is 13.8 Å². The van der Waals surface area contributed by atoms with Crippen LogP contribution in [-0.2, 0) is 4.74 Å². The molecule has 0 aliphatic rings. The molecule has 0 bridgehead atoms. The van der Waals surface area contributed by atoms with Crippen LogP contribution >= 0.6 is 0 Å². The Balaban J connectivity index is 2.94. The largest absolute Gasteiger partial charge is 0.377 e. The van der Waals surface area contributed by atoms with Crippen LogP contribution in [0.1, 0.15) is 21.7 Å². The van der Waals surface area contributed by atoms with Crippen molar-refractivity contribution < 1.29 is 9.53 Å². The SMILES string of the molecule is COCC(=O)c1cc(C)nc(C)c1. The number of nitrogens with zero attached hydrogens (tertiary/aromatic N) is 1. The first-order chi connectivity index (χ1) is 6.13. The Kier molecular flexibility index (Phi) is 3.14. The molecule has 1 heterocycles. The Morgan fingerprint density at radius 3 is 2.38 bits per heavy atom. The van der Waals surface area contributed by atoms with Crippen molar-refractivity contribution in [3.8, 4) is 0 Å². The molecule has 3 heteroatoms. The van der Waals surface area contributed by atoms with Gasteiger partial charge < -0.3 is 4.74 Å². The number of carbonyl (C=O) groups is 1. The molecule has 0 spiro atoms. The molecule has 0 aliphatic heterocycles. The topological polar surface area (TPSA) is 39.2 Å². The van der Waals surface area contributed by atoms with Gasteiger partial charge in [0.2, 0.25) is 0 Å². The molecule has 0 saturated carbocycles. The van der Waals surface area contributed by atoms with E-state index in [1.54, 1.807) is 12.1 Å². The molecule has 1 aromatic rings. The van der Waals surface area contributed by atoms with Gasteiger partial charge in [0.15, 0.2) is 5.78 Å². The van der Waals surface area contributed by atoms with Crippen molar-refractivity contribution >= 4 is 5.78 Å². The zero-order valence-corrected chi connectivity index (χ0v) is 8.13. The van der Waals surface area contributed by atoms with Crippen molar-refractivity contribution in [2.24, 2.45) is 0 Å². The Bertz CT molecular complexity index is 300. The fraction of sp³-hybridized carbons (Fsp3) is 0.400. The lowest BCUT2D eigenvalue weighted by Gasteiger charge is -2.02. The normalized spacial score (nSPS) is 10.1. The number of pyridine rings is 1. The van der Waals surface area contributed by atoms with E-state index in [2.05, 4.69) is 4.98 Å². The maximum Gasteiger partial charge on any atom is 0.188 e. The van der Waals surface area contributed by atoms with E-state index in [0.717, 1.165) is 11.4 Å². The summed E-state index contributed by atoms with van der Waals surface area (Å²) >= 11 is 0. The fourth-order valence-electron chi connectivity index (χ4n) is 1.21. The number of methoxy groups -OCH3 is 1. The summed E-state index contributed by atoms with van der Waals surface area (Å²) in [5.41, 5.74) is 2.39. The number of ether oxygens (including phenoxy) is 1. The first-order valence-corrected chi connectivity index (χ1v) is 4.11. The van der Waals surface area contributed by atoms with E-state index < -0.39 is 0 Å². The molecule has 0 aromatic carbocycles. The summed E-state index contributed by atoms with van der Waals surface area (Å²) in [5.74, 6) is -0.00361. The minimum absolute atomic E-state index is 0.00361. The molecular formula is C10H13NO2. The molecule has 1 rings (SSSR count). The van der Waals surface area contributed by atoms with Gasteiger partial charge in [0, 0.05) is 24.1 Å². The number of hydrogen-bond donors (Lipinski definition) is 0. The van der Waals surface area contributed by atoms with Gasteiger partial charge in [0.25, 0.3) is 0 Å². The van der Waals surface area contributed by atoms with Gasteiger partial charge in [-0.2, -0.15) is 0 Å². The van der Waals surface area contributed by atoms with E-state index in [-0.39, 0.29) is 12.4 Å². The monoisotopic (exact) mass is 179 g/mol. The summed E-state index contributed by atoms with van der Waals surface area (Å²) < 4.78 is 4.77. The molecule has 13 heavy (non-hydrogen) atoms. The van der Waals surface area contributed by atoms with Gasteiger partial charge in [-0.25, -0.2) is 0 Å². The summed E-state index contributed by atoms with van der Waals surface area (Å²) in [6.07, 6.45) is 0. The summed E-state index contributed by atoms with van der Waals surface area (Å²) in [6.45, 7) is 3.87. The van der Waals surface area contributed by atoms with Crippen LogP contribution < -0.4 is 0 Å². The van der Waals surface area contributed by atoms with Crippen molar-refractivity contribution in [2.45, 2.75) is 13.8 Å². The molecule has 70 valence electrons. The molecular weight excluding hydrogens is 166 g/mol. The standard InChI is InChI=1S/C10H13NO2/c1-7-4-9(5-8(2)11-7)10(12)6-13-3/h4-5H,6H2,1-3H3. The van der Waals surface area contributed by atoms with Crippen molar-refractivity contribution in [3.05, 3.63) is 29.1 Å². The second-order valence-electron chi connectivity index (χ2n) is 2.99. The highest BCUT2D eigenvalue weighted by Crippen LogP contribution is 2.05. The molecule has 0 saturated heterocycles. The fourth-order valence-corrected chi connectivity index (χ4v) is 1.21. The number of carbonyl (C=O) groups excluding carboxylic acids is 1. The number of aryl methyl sites for hydroxylation is 2. The van der Waals surface area contributed by atoms with E-state index in [1.165, 1.54) is 7.11 Å². The van der Waals surface area contributed by atoms with Gasteiger partial charge in [-0.05, 0) is 26.0 Å². The van der Waals surface area contributed by atoms with Crippen LogP contribution in [0.25, 0.3) is 0 Å². The first kappa shape index (κ1) is 9.86. The van der Waals surface area contributed by atoms with Gasteiger partial charge in [-0.3, -0.25) is 9.78 Å². The zero-order valence-electron chi connectivity index (χ0n) is 8.13. The lowest BCUT2D eigenvalue weighted by atomic mass is 10.1. The number of Topliss-reactive ketones (excluding diaryl/α,β-unsaturated/α-hetero) is 1. The Labute approximate surface area is 77.8 Å². The maximum atomic E-state index is 11.4. The number of hydrogen-bond acceptors (Lipinski definition) is 3. The minimum Gasteiger partial charge on any atom is -0.377 e.